The maximum Gasteiger partial charge on any atom is 0.133 e. The van der Waals surface area contributed by atoms with Crippen molar-refractivity contribution in [2.45, 2.75) is 0 Å². The highest BCUT2D eigenvalue weighted by Gasteiger charge is 2.14. The van der Waals surface area contributed by atoms with Crippen molar-refractivity contribution in [3.05, 3.63) is 53.7 Å². The van der Waals surface area contributed by atoms with Gasteiger partial charge in [0.15, 0.2) is 0 Å². The molecule has 0 aliphatic rings. The van der Waals surface area contributed by atoms with Crippen molar-refractivity contribution in [1.29, 1.82) is 0 Å². The number of halogens is 2. The van der Waals surface area contributed by atoms with E-state index in [4.69, 9.17) is 11.6 Å². The average molecular weight is 314 g/mol. The van der Waals surface area contributed by atoms with Crippen molar-refractivity contribution in [2.75, 3.05) is 0 Å². The molecule has 108 valence electrons. The summed E-state index contributed by atoms with van der Waals surface area (Å²) in [7, 11) is 0. The first-order valence-corrected chi connectivity index (χ1v) is 6.91. The summed E-state index contributed by atoms with van der Waals surface area (Å²) >= 11 is 6.12. The van der Waals surface area contributed by atoms with Gasteiger partial charge in [0.1, 0.15) is 11.6 Å². The molecule has 2 N–H and O–H groups in total. The van der Waals surface area contributed by atoms with Gasteiger partial charge in [-0.25, -0.2) is 9.37 Å². The first-order valence-electron chi connectivity index (χ1n) is 6.54. The molecule has 4 nitrogen and oxygen atoms in total. The van der Waals surface area contributed by atoms with Gasteiger partial charge in [-0.3, -0.25) is 4.98 Å². The van der Waals surface area contributed by atoms with Crippen LogP contribution in [-0.2, 0) is 0 Å². The predicted octanol–water partition coefficient (Wildman–Crippen LogP) is 4.28. The van der Waals surface area contributed by atoms with Crippen LogP contribution < -0.4 is 0 Å². The van der Waals surface area contributed by atoms with Gasteiger partial charge in [-0.15, -0.1) is 0 Å². The number of imidazole rings is 1. The highest BCUT2D eigenvalue weighted by molar-refractivity contribution is 6.33. The predicted molar refractivity (Wildman–Crippen MR) is 83.5 cm³/mol. The molecule has 2 aromatic carbocycles. The second-order valence-corrected chi connectivity index (χ2v) is 5.34. The second kappa shape index (κ2) is 4.68. The van der Waals surface area contributed by atoms with E-state index in [9.17, 15) is 9.50 Å². The number of aromatic hydroxyl groups is 1. The van der Waals surface area contributed by atoms with Crippen molar-refractivity contribution in [1.82, 2.24) is 15.0 Å². The molecule has 4 rings (SSSR count). The van der Waals surface area contributed by atoms with E-state index in [1.54, 1.807) is 24.7 Å². The van der Waals surface area contributed by atoms with Crippen LogP contribution in [0.1, 0.15) is 0 Å². The Balaban J connectivity index is 2.06. The van der Waals surface area contributed by atoms with Crippen molar-refractivity contribution in [3.8, 4) is 16.9 Å². The molecular weight excluding hydrogens is 305 g/mol. The summed E-state index contributed by atoms with van der Waals surface area (Å²) in [5.74, 6) is -0.395. The smallest absolute Gasteiger partial charge is 0.133 e. The number of phenols is 1. The molecule has 0 radical (unpaired) electrons. The highest BCUT2D eigenvalue weighted by atomic mass is 35.5. The average Bonchev–Trinajstić information content (AvgIpc) is 2.96. The molecule has 22 heavy (non-hydrogen) atoms. The first kappa shape index (κ1) is 13.0. The van der Waals surface area contributed by atoms with Crippen LogP contribution in [0.4, 0.5) is 4.39 Å². The van der Waals surface area contributed by atoms with Gasteiger partial charge in [0.05, 0.1) is 34.1 Å². The number of nitrogens with zero attached hydrogens (tertiary/aromatic N) is 2. The van der Waals surface area contributed by atoms with Gasteiger partial charge >= 0.3 is 0 Å². The molecule has 0 aliphatic heterocycles. The Bertz CT molecular complexity index is 1030. The summed E-state index contributed by atoms with van der Waals surface area (Å²) < 4.78 is 14.4. The monoisotopic (exact) mass is 313 g/mol. The molecule has 0 bridgehead atoms. The van der Waals surface area contributed by atoms with Crippen molar-refractivity contribution in [2.24, 2.45) is 0 Å². The number of rotatable bonds is 1. The summed E-state index contributed by atoms with van der Waals surface area (Å²) in [6.07, 6.45) is 3.19. The first-order chi connectivity index (χ1) is 10.6. The minimum Gasteiger partial charge on any atom is -0.508 e. The van der Waals surface area contributed by atoms with E-state index < -0.39 is 5.82 Å². The zero-order valence-electron chi connectivity index (χ0n) is 11.1. The topological polar surface area (TPSA) is 61.8 Å². The Morgan fingerprint density at radius 1 is 1.09 bits per heavy atom. The molecule has 2 aromatic heterocycles. The Morgan fingerprint density at radius 2 is 1.95 bits per heavy atom. The van der Waals surface area contributed by atoms with Crippen LogP contribution in [-0.4, -0.2) is 20.1 Å². The molecule has 0 aliphatic carbocycles. The zero-order chi connectivity index (χ0) is 15.3. The van der Waals surface area contributed by atoms with Crippen LogP contribution in [0.25, 0.3) is 33.1 Å². The highest BCUT2D eigenvalue weighted by Crippen LogP contribution is 2.35. The Morgan fingerprint density at radius 3 is 2.77 bits per heavy atom. The number of aromatic amines is 1. The Hall–Kier alpha value is -2.66. The van der Waals surface area contributed by atoms with Crippen molar-refractivity contribution in [3.63, 3.8) is 0 Å². The van der Waals surface area contributed by atoms with Crippen LogP contribution in [0, 0.1) is 5.82 Å². The minimum atomic E-state index is -0.428. The summed E-state index contributed by atoms with van der Waals surface area (Å²) in [6.45, 7) is 0. The van der Waals surface area contributed by atoms with Gasteiger partial charge in [-0.05, 0) is 24.3 Å². The number of benzene rings is 2. The van der Waals surface area contributed by atoms with E-state index in [0.29, 0.717) is 16.6 Å². The van der Waals surface area contributed by atoms with Gasteiger partial charge in [0, 0.05) is 22.6 Å². The van der Waals surface area contributed by atoms with E-state index in [2.05, 4.69) is 15.0 Å². The number of H-pyrrole nitrogens is 1. The van der Waals surface area contributed by atoms with Gasteiger partial charge in [0.25, 0.3) is 0 Å². The van der Waals surface area contributed by atoms with Crippen LogP contribution in [0.3, 0.4) is 0 Å². The van der Waals surface area contributed by atoms with Gasteiger partial charge < -0.3 is 10.1 Å². The standard InChI is InChI=1S/C16H9ClFN3O/c17-12-3-8(22)1-2-9(12)10-4-11-14(5-13(10)18)19-6-15-16(11)21-7-20-15/h1-7,22H,(H,20,21). The lowest BCUT2D eigenvalue weighted by Gasteiger charge is -2.08. The third-order valence-electron chi connectivity index (χ3n) is 3.58. The quantitative estimate of drug-likeness (QED) is 0.551. The lowest BCUT2D eigenvalue weighted by atomic mass is 10.0. The molecule has 0 spiro atoms. The molecule has 2 heterocycles. The lowest BCUT2D eigenvalue weighted by Crippen LogP contribution is -1.89. The fourth-order valence-corrected chi connectivity index (χ4v) is 2.82. The van der Waals surface area contributed by atoms with Crippen LogP contribution >= 0.6 is 11.6 Å². The Labute approximate surface area is 129 Å². The largest absolute Gasteiger partial charge is 0.508 e. The molecule has 0 fully saturated rings. The summed E-state index contributed by atoms with van der Waals surface area (Å²) in [6, 6.07) is 7.48. The normalized spacial score (nSPS) is 11.4. The molecule has 4 aromatic rings. The third-order valence-corrected chi connectivity index (χ3v) is 3.90. The number of pyridine rings is 1. The number of fused-ring (bicyclic) bond motifs is 3. The lowest BCUT2D eigenvalue weighted by molar-refractivity contribution is 0.475. The van der Waals surface area contributed by atoms with Crippen LogP contribution in [0.2, 0.25) is 5.02 Å². The second-order valence-electron chi connectivity index (χ2n) is 4.94. The fourth-order valence-electron chi connectivity index (χ4n) is 2.54. The number of hydrogen-bond acceptors (Lipinski definition) is 3. The van der Waals surface area contributed by atoms with E-state index in [1.807, 2.05) is 0 Å². The van der Waals surface area contributed by atoms with E-state index in [0.717, 1.165) is 16.4 Å². The molecule has 0 amide bonds. The van der Waals surface area contributed by atoms with Crippen LogP contribution in [0.15, 0.2) is 42.9 Å². The zero-order valence-corrected chi connectivity index (χ0v) is 11.9. The number of aromatic nitrogens is 3. The van der Waals surface area contributed by atoms with Gasteiger partial charge in [-0.1, -0.05) is 11.6 Å². The van der Waals surface area contributed by atoms with Crippen molar-refractivity contribution < 1.29 is 9.50 Å². The summed E-state index contributed by atoms with van der Waals surface area (Å²) in [5, 5.41) is 10.5. The van der Waals surface area contributed by atoms with Gasteiger partial charge in [0.2, 0.25) is 0 Å². The van der Waals surface area contributed by atoms with E-state index in [1.165, 1.54) is 18.2 Å². The maximum atomic E-state index is 14.4. The van der Waals surface area contributed by atoms with Gasteiger partial charge in [-0.2, -0.15) is 0 Å². The SMILES string of the molecule is Oc1ccc(-c2cc3c(cc2F)ncc2[nH]cnc23)c(Cl)c1. The van der Waals surface area contributed by atoms with Crippen molar-refractivity contribution >= 4 is 33.5 Å². The number of nitrogens with one attached hydrogen (secondary N) is 1. The Kier molecular flexibility index (Phi) is 2.77. The molecule has 6 heteroatoms. The molecule has 0 saturated carbocycles. The molecule has 0 unspecified atom stereocenters. The van der Waals surface area contributed by atoms with E-state index >= 15 is 0 Å². The van der Waals surface area contributed by atoms with E-state index in [-0.39, 0.29) is 10.8 Å². The molecule has 0 saturated heterocycles. The van der Waals surface area contributed by atoms with Crippen LogP contribution in [0.5, 0.6) is 5.75 Å². The minimum absolute atomic E-state index is 0.0336. The molecular formula is C16H9ClFN3O. The number of phenolic OH excluding ortho intramolecular Hbond substituents is 1. The fraction of sp³-hybridized carbons (Fsp3) is 0. The maximum absolute atomic E-state index is 14.4. The summed E-state index contributed by atoms with van der Waals surface area (Å²) in [5.41, 5.74) is 2.87. The third kappa shape index (κ3) is 1.90. The summed E-state index contributed by atoms with van der Waals surface area (Å²) in [4.78, 5) is 11.5. The number of hydrogen-bond donors (Lipinski definition) is 2. The molecule has 0 atom stereocenters.